The number of hydrogen-bond acceptors (Lipinski definition) is 2. The summed E-state index contributed by atoms with van der Waals surface area (Å²) in [6.07, 6.45) is -0.301. The molecule has 2 nitrogen and oxygen atoms in total. The standard InChI is InChI=1S/C25H26O2/c1-18(19-10-12-21(13-11-19)20-8-6-5-7-9-20)27-24(26)22-14-16-23(17-15-22)25(2,3)4/h5-18H,1-4H3. The molecule has 2 heteroatoms. The Balaban J connectivity index is 1.68. The summed E-state index contributed by atoms with van der Waals surface area (Å²) in [4.78, 5) is 12.5. The second kappa shape index (κ2) is 7.79. The van der Waals surface area contributed by atoms with Gasteiger partial charge in [0.2, 0.25) is 0 Å². The first-order valence-corrected chi connectivity index (χ1v) is 9.31. The molecule has 1 unspecified atom stereocenters. The Kier molecular flexibility index (Phi) is 5.46. The SMILES string of the molecule is CC(OC(=O)c1ccc(C(C)(C)C)cc1)c1ccc(-c2ccccc2)cc1. The molecule has 0 saturated heterocycles. The van der Waals surface area contributed by atoms with Crippen LogP contribution in [-0.4, -0.2) is 5.97 Å². The van der Waals surface area contributed by atoms with Crippen molar-refractivity contribution in [3.63, 3.8) is 0 Å². The summed E-state index contributed by atoms with van der Waals surface area (Å²) in [5.74, 6) is -0.296. The van der Waals surface area contributed by atoms with E-state index in [9.17, 15) is 4.79 Å². The summed E-state index contributed by atoms with van der Waals surface area (Å²) >= 11 is 0. The minimum atomic E-state index is -0.301. The largest absolute Gasteiger partial charge is 0.454 e. The maximum absolute atomic E-state index is 12.5. The minimum absolute atomic E-state index is 0.0657. The van der Waals surface area contributed by atoms with Gasteiger partial charge in [-0.3, -0.25) is 0 Å². The third-order valence-corrected chi connectivity index (χ3v) is 4.76. The molecule has 27 heavy (non-hydrogen) atoms. The van der Waals surface area contributed by atoms with Crippen molar-refractivity contribution in [2.24, 2.45) is 0 Å². The molecule has 1 atom stereocenters. The first kappa shape index (κ1) is 18.9. The summed E-state index contributed by atoms with van der Waals surface area (Å²) in [5, 5.41) is 0. The first-order valence-electron chi connectivity index (χ1n) is 9.31. The van der Waals surface area contributed by atoms with Gasteiger partial charge in [0.15, 0.2) is 0 Å². The molecule has 0 aliphatic carbocycles. The van der Waals surface area contributed by atoms with Crippen LogP contribution in [0, 0.1) is 0 Å². The van der Waals surface area contributed by atoms with E-state index in [0.717, 1.165) is 11.1 Å². The Labute approximate surface area is 161 Å². The Bertz CT molecular complexity index is 886. The minimum Gasteiger partial charge on any atom is -0.454 e. The van der Waals surface area contributed by atoms with Gasteiger partial charge in [-0.15, -0.1) is 0 Å². The summed E-state index contributed by atoms with van der Waals surface area (Å²) in [7, 11) is 0. The van der Waals surface area contributed by atoms with Crippen molar-refractivity contribution in [3.8, 4) is 11.1 Å². The van der Waals surface area contributed by atoms with Crippen LogP contribution in [0.5, 0.6) is 0 Å². The molecule has 3 aromatic carbocycles. The Hall–Kier alpha value is -2.87. The molecule has 0 aliphatic heterocycles. The van der Waals surface area contributed by atoms with Crippen LogP contribution in [0.25, 0.3) is 11.1 Å². The van der Waals surface area contributed by atoms with Crippen molar-refractivity contribution < 1.29 is 9.53 Å². The van der Waals surface area contributed by atoms with Crippen LogP contribution in [0.1, 0.15) is 55.3 Å². The maximum Gasteiger partial charge on any atom is 0.338 e. The predicted octanol–water partition coefficient (Wildman–Crippen LogP) is 6.57. The van der Waals surface area contributed by atoms with E-state index < -0.39 is 0 Å². The average Bonchev–Trinajstić information content (AvgIpc) is 2.68. The van der Waals surface area contributed by atoms with E-state index in [1.807, 2.05) is 61.5 Å². The normalized spacial score (nSPS) is 12.4. The Morgan fingerprint density at radius 1 is 0.778 bits per heavy atom. The molecule has 0 aromatic heterocycles. The molecule has 0 aliphatic rings. The lowest BCUT2D eigenvalue weighted by atomic mass is 9.87. The van der Waals surface area contributed by atoms with Crippen LogP contribution in [0.4, 0.5) is 0 Å². The summed E-state index contributed by atoms with van der Waals surface area (Å²) < 4.78 is 5.65. The van der Waals surface area contributed by atoms with Gasteiger partial charge in [0.05, 0.1) is 5.56 Å². The molecule has 138 valence electrons. The molecule has 0 amide bonds. The smallest absolute Gasteiger partial charge is 0.338 e. The Morgan fingerprint density at radius 2 is 1.33 bits per heavy atom. The van der Waals surface area contributed by atoms with E-state index in [-0.39, 0.29) is 17.5 Å². The Morgan fingerprint density at radius 3 is 1.89 bits per heavy atom. The van der Waals surface area contributed by atoms with Gasteiger partial charge in [0, 0.05) is 0 Å². The second-order valence-corrected chi connectivity index (χ2v) is 7.86. The van der Waals surface area contributed by atoms with Gasteiger partial charge < -0.3 is 4.74 Å². The lowest BCUT2D eigenvalue weighted by molar-refractivity contribution is 0.0338. The van der Waals surface area contributed by atoms with Crippen molar-refractivity contribution in [3.05, 3.63) is 95.6 Å². The fraction of sp³-hybridized carbons (Fsp3) is 0.240. The molecular weight excluding hydrogens is 332 g/mol. The number of ether oxygens (including phenoxy) is 1. The lowest BCUT2D eigenvalue weighted by Gasteiger charge is -2.19. The summed E-state index contributed by atoms with van der Waals surface area (Å²) in [6, 6.07) is 26.1. The fourth-order valence-corrected chi connectivity index (χ4v) is 2.98. The zero-order valence-corrected chi connectivity index (χ0v) is 16.4. The van der Waals surface area contributed by atoms with Gasteiger partial charge in [-0.2, -0.15) is 0 Å². The highest BCUT2D eigenvalue weighted by Crippen LogP contribution is 2.25. The predicted molar refractivity (Wildman–Crippen MR) is 111 cm³/mol. The van der Waals surface area contributed by atoms with E-state index in [1.54, 1.807) is 0 Å². The molecule has 3 aromatic rings. The van der Waals surface area contributed by atoms with Crippen LogP contribution >= 0.6 is 0 Å². The van der Waals surface area contributed by atoms with Crippen molar-refractivity contribution in [1.29, 1.82) is 0 Å². The monoisotopic (exact) mass is 358 g/mol. The van der Waals surface area contributed by atoms with E-state index in [4.69, 9.17) is 4.74 Å². The average molecular weight is 358 g/mol. The molecule has 0 radical (unpaired) electrons. The molecule has 0 fully saturated rings. The third kappa shape index (κ3) is 4.65. The van der Waals surface area contributed by atoms with Crippen molar-refractivity contribution >= 4 is 5.97 Å². The maximum atomic E-state index is 12.5. The topological polar surface area (TPSA) is 26.3 Å². The van der Waals surface area contributed by atoms with E-state index in [1.165, 1.54) is 11.1 Å². The molecule has 0 spiro atoms. The van der Waals surface area contributed by atoms with Crippen LogP contribution in [0.15, 0.2) is 78.9 Å². The number of rotatable bonds is 4. The fourth-order valence-electron chi connectivity index (χ4n) is 2.98. The van der Waals surface area contributed by atoms with Gasteiger partial charge in [0.1, 0.15) is 6.10 Å². The zero-order valence-electron chi connectivity index (χ0n) is 16.4. The highest BCUT2D eigenvalue weighted by atomic mass is 16.5. The second-order valence-electron chi connectivity index (χ2n) is 7.86. The first-order chi connectivity index (χ1) is 12.8. The number of carbonyl (C=O) groups is 1. The van der Waals surface area contributed by atoms with E-state index in [0.29, 0.717) is 5.56 Å². The highest BCUT2D eigenvalue weighted by Gasteiger charge is 2.17. The van der Waals surface area contributed by atoms with E-state index >= 15 is 0 Å². The number of carbonyl (C=O) groups excluding carboxylic acids is 1. The summed E-state index contributed by atoms with van der Waals surface area (Å²) in [6.45, 7) is 8.36. The third-order valence-electron chi connectivity index (χ3n) is 4.76. The number of hydrogen-bond donors (Lipinski definition) is 0. The highest BCUT2D eigenvalue weighted by molar-refractivity contribution is 5.89. The number of esters is 1. The van der Waals surface area contributed by atoms with Gasteiger partial charge in [-0.1, -0.05) is 87.5 Å². The molecule has 3 rings (SSSR count). The summed E-state index contributed by atoms with van der Waals surface area (Å²) in [5.41, 5.74) is 5.15. The van der Waals surface area contributed by atoms with Crippen molar-refractivity contribution in [2.45, 2.75) is 39.2 Å². The lowest BCUT2D eigenvalue weighted by Crippen LogP contribution is -2.12. The van der Waals surface area contributed by atoms with Crippen LogP contribution in [0.3, 0.4) is 0 Å². The molecule has 0 N–H and O–H groups in total. The molecule has 0 bridgehead atoms. The quantitative estimate of drug-likeness (QED) is 0.493. The van der Waals surface area contributed by atoms with Crippen LogP contribution in [-0.2, 0) is 10.2 Å². The van der Waals surface area contributed by atoms with E-state index in [2.05, 4.69) is 45.0 Å². The number of benzene rings is 3. The van der Waals surface area contributed by atoms with Crippen molar-refractivity contribution in [1.82, 2.24) is 0 Å². The molecular formula is C25H26O2. The molecule has 0 saturated carbocycles. The van der Waals surface area contributed by atoms with Crippen LogP contribution in [0.2, 0.25) is 0 Å². The van der Waals surface area contributed by atoms with Gasteiger partial charge in [-0.05, 0) is 46.7 Å². The van der Waals surface area contributed by atoms with Gasteiger partial charge in [-0.25, -0.2) is 4.79 Å². The van der Waals surface area contributed by atoms with Gasteiger partial charge in [0.25, 0.3) is 0 Å². The van der Waals surface area contributed by atoms with Crippen LogP contribution < -0.4 is 0 Å². The molecule has 0 heterocycles. The zero-order chi connectivity index (χ0) is 19.4. The van der Waals surface area contributed by atoms with Crippen molar-refractivity contribution in [2.75, 3.05) is 0 Å². The van der Waals surface area contributed by atoms with Gasteiger partial charge >= 0.3 is 5.97 Å².